The summed E-state index contributed by atoms with van der Waals surface area (Å²) in [6.45, 7) is 9.79. The largest absolute Gasteiger partial charge is 0.336 e. The van der Waals surface area contributed by atoms with Crippen molar-refractivity contribution in [3.63, 3.8) is 0 Å². The van der Waals surface area contributed by atoms with Gasteiger partial charge in [-0.1, -0.05) is 42.7 Å². The topological polar surface area (TPSA) is 54.3 Å². The Morgan fingerprint density at radius 3 is 2.38 bits per heavy atom. The zero-order valence-electron chi connectivity index (χ0n) is 19.4. The Kier molecular flexibility index (Phi) is 5.72. The maximum absolute atomic E-state index is 13.7. The van der Waals surface area contributed by atoms with Gasteiger partial charge in [0.15, 0.2) is 5.65 Å². The summed E-state index contributed by atoms with van der Waals surface area (Å²) in [5.74, 6) is 0.0974. The molecule has 0 atom stereocenters. The molecule has 1 saturated heterocycles. The molecule has 2 aliphatic rings. The van der Waals surface area contributed by atoms with Gasteiger partial charge in [0, 0.05) is 43.8 Å². The Bertz CT molecular complexity index is 1100. The number of piperazine rings is 1. The molecule has 0 radical (unpaired) electrons. The minimum Gasteiger partial charge on any atom is -0.336 e. The Hall–Kier alpha value is -2.73. The smallest absolute Gasteiger partial charge is 0.254 e. The lowest BCUT2D eigenvalue weighted by atomic mass is 10.0. The molecule has 0 N–H and O–H groups in total. The molecule has 3 heterocycles. The third-order valence-corrected chi connectivity index (χ3v) is 7.08. The van der Waals surface area contributed by atoms with Crippen LogP contribution in [0.2, 0.25) is 0 Å². The molecule has 1 saturated carbocycles. The molecule has 32 heavy (non-hydrogen) atoms. The maximum Gasteiger partial charge on any atom is 0.254 e. The summed E-state index contributed by atoms with van der Waals surface area (Å²) in [6, 6.07) is 11.2. The molecule has 0 spiro atoms. The van der Waals surface area contributed by atoms with Crippen molar-refractivity contribution < 1.29 is 4.79 Å². The SMILES string of the molecule is Cc1ccc(-c2cc(C(=O)N3CCN(C4CCCC4)CC3)c3cnn(C(C)C)c3n2)cc1. The van der Waals surface area contributed by atoms with Crippen molar-refractivity contribution in [2.24, 2.45) is 0 Å². The van der Waals surface area contributed by atoms with Gasteiger partial charge in [-0.15, -0.1) is 0 Å². The van der Waals surface area contributed by atoms with Gasteiger partial charge in [0.25, 0.3) is 5.91 Å². The quantitative estimate of drug-likeness (QED) is 0.601. The van der Waals surface area contributed by atoms with E-state index in [-0.39, 0.29) is 11.9 Å². The predicted molar refractivity (Wildman–Crippen MR) is 128 cm³/mol. The highest BCUT2D eigenvalue weighted by molar-refractivity contribution is 6.06. The van der Waals surface area contributed by atoms with Gasteiger partial charge < -0.3 is 4.90 Å². The van der Waals surface area contributed by atoms with Crippen molar-refractivity contribution in [2.45, 2.75) is 58.5 Å². The monoisotopic (exact) mass is 431 g/mol. The molecule has 2 aromatic heterocycles. The number of aryl methyl sites for hydroxylation is 1. The summed E-state index contributed by atoms with van der Waals surface area (Å²) in [7, 11) is 0. The number of carbonyl (C=O) groups is 1. The summed E-state index contributed by atoms with van der Waals surface area (Å²) in [5.41, 5.74) is 4.55. The van der Waals surface area contributed by atoms with E-state index in [4.69, 9.17) is 4.98 Å². The fraction of sp³-hybridized carbons (Fsp3) is 0.500. The molecule has 5 rings (SSSR count). The number of hydrogen-bond donors (Lipinski definition) is 0. The van der Waals surface area contributed by atoms with Crippen LogP contribution in [0.4, 0.5) is 0 Å². The van der Waals surface area contributed by atoms with Crippen LogP contribution in [0.3, 0.4) is 0 Å². The number of nitrogens with zero attached hydrogens (tertiary/aromatic N) is 5. The van der Waals surface area contributed by atoms with E-state index in [1.54, 1.807) is 0 Å². The first-order chi connectivity index (χ1) is 15.5. The van der Waals surface area contributed by atoms with Crippen LogP contribution in [-0.2, 0) is 0 Å². The van der Waals surface area contributed by atoms with Gasteiger partial charge in [0.2, 0.25) is 0 Å². The lowest BCUT2D eigenvalue weighted by molar-refractivity contribution is 0.0575. The lowest BCUT2D eigenvalue weighted by Crippen LogP contribution is -2.51. The second kappa shape index (κ2) is 8.66. The average molecular weight is 432 g/mol. The molecule has 6 heteroatoms. The van der Waals surface area contributed by atoms with Gasteiger partial charge in [-0.3, -0.25) is 9.69 Å². The number of hydrogen-bond acceptors (Lipinski definition) is 4. The molecule has 6 nitrogen and oxygen atoms in total. The summed E-state index contributed by atoms with van der Waals surface area (Å²) < 4.78 is 1.92. The summed E-state index contributed by atoms with van der Waals surface area (Å²) in [5, 5.41) is 5.42. The fourth-order valence-corrected chi connectivity index (χ4v) is 5.18. The first-order valence-electron chi connectivity index (χ1n) is 12.0. The standard InChI is InChI=1S/C26H33N5O/c1-18(2)31-25-23(17-27-31)22(16-24(28-25)20-10-8-19(3)9-11-20)26(32)30-14-12-29(13-15-30)21-6-4-5-7-21/h8-11,16-18,21H,4-7,12-15H2,1-3H3. The zero-order valence-corrected chi connectivity index (χ0v) is 19.4. The number of carbonyl (C=O) groups excluding carboxylic acids is 1. The first-order valence-corrected chi connectivity index (χ1v) is 12.0. The van der Waals surface area contributed by atoms with Crippen LogP contribution in [0.25, 0.3) is 22.3 Å². The first kappa shape index (κ1) is 21.1. The number of benzene rings is 1. The van der Waals surface area contributed by atoms with Crippen molar-refractivity contribution in [3.05, 3.63) is 47.7 Å². The number of pyridine rings is 1. The Balaban J connectivity index is 1.48. The van der Waals surface area contributed by atoms with E-state index in [0.717, 1.165) is 54.5 Å². The van der Waals surface area contributed by atoms with Crippen molar-refractivity contribution in [3.8, 4) is 11.3 Å². The van der Waals surface area contributed by atoms with E-state index in [2.05, 4.69) is 55.0 Å². The average Bonchev–Trinajstić information content (AvgIpc) is 3.49. The minimum atomic E-state index is 0.0974. The second-order valence-corrected chi connectivity index (χ2v) is 9.61. The van der Waals surface area contributed by atoms with Crippen LogP contribution < -0.4 is 0 Å². The molecule has 168 valence electrons. The number of amides is 1. The Morgan fingerprint density at radius 2 is 1.72 bits per heavy atom. The third-order valence-electron chi connectivity index (χ3n) is 7.08. The second-order valence-electron chi connectivity index (χ2n) is 9.61. The minimum absolute atomic E-state index is 0.0974. The highest BCUT2D eigenvalue weighted by atomic mass is 16.2. The van der Waals surface area contributed by atoms with Crippen LogP contribution in [0.5, 0.6) is 0 Å². The zero-order chi connectivity index (χ0) is 22.2. The van der Waals surface area contributed by atoms with E-state index >= 15 is 0 Å². The number of fused-ring (bicyclic) bond motifs is 1. The van der Waals surface area contributed by atoms with E-state index < -0.39 is 0 Å². The summed E-state index contributed by atoms with van der Waals surface area (Å²) in [6.07, 6.45) is 7.13. The van der Waals surface area contributed by atoms with Crippen molar-refractivity contribution in [1.29, 1.82) is 0 Å². The lowest BCUT2D eigenvalue weighted by Gasteiger charge is -2.38. The number of aromatic nitrogens is 3. The molecule has 1 amide bonds. The normalized spacial score (nSPS) is 18.2. The fourth-order valence-electron chi connectivity index (χ4n) is 5.18. The summed E-state index contributed by atoms with van der Waals surface area (Å²) >= 11 is 0. The molecule has 2 fully saturated rings. The molecule has 1 aliphatic carbocycles. The van der Waals surface area contributed by atoms with Crippen LogP contribution in [0.1, 0.15) is 61.5 Å². The van der Waals surface area contributed by atoms with E-state index in [1.165, 1.54) is 31.2 Å². The van der Waals surface area contributed by atoms with Gasteiger partial charge >= 0.3 is 0 Å². The maximum atomic E-state index is 13.7. The van der Waals surface area contributed by atoms with E-state index in [0.29, 0.717) is 5.56 Å². The van der Waals surface area contributed by atoms with E-state index in [1.807, 2.05) is 21.8 Å². The van der Waals surface area contributed by atoms with Crippen LogP contribution in [0.15, 0.2) is 36.5 Å². The molecular formula is C26H33N5O. The molecule has 3 aromatic rings. The van der Waals surface area contributed by atoms with Gasteiger partial charge in [-0.05, 0) is 39.7 Å². The molecule has 0 unspecified atom stereocenters. The highest BCUT2D eigenvalue weighted by Crippen LogP contribution is 2.29. The van der Waals surface area contributed by atoms with Gasteiger partial charge in [0.05, 0.1) is 22.8 Å². The van der Waals surface area contributed by atoms with Crippen LogP contribution >= 0.6 is 0 Å². The Labute approximate surface area is 190 Å². The Morgan fingerprint density at radius 1 is 1.03 bits per heavy atom. The highest BCUT2D eigenvalue weighted by Gasteiger charge is 2.29. The van der Waals surface area contributed by atoms with Crippen molar-refractivity contribution in [2.75, 3.05) is 26.2 Å². The van der Waals surface area contributed by atoms with Crippen LogP contribution in [-0.4, -0.2) is 62.7 Å². The molecule has 0 bridgehead atoms. The van der Waals surface area contributed by atoms with Gasteiger partial charge in [-0.25, -0.2) is 9.67 Å². The van der Waals surface area contributed by atoms with Gasteiger partial charge in [0.1, 0.15) is 0 Å². The van der Waals surface area contributed by atoms with E-state index in [9.17, 15) is 4.79 Å². The van der Waals surface area contributed by atoms with Crippen molar-refractivity contribution in [1.82, 2.24) is 24.6 Å². The molecular weight excluding hydrogens is 398 g/mol. The molecule has 1 aromatic carbocycles. The predicted octanol–water partition coefficient (Wildman–Crippen LogP) is 4.69. The van der Waals surface area contributed by atoms with Gasteiger partial charge in [-0.2, -0.15) is 5.10 Å². The number of rotatable bonds is 4. The third kappa shape index (κ3) is 3.92. The molecule has 1 aliphatic heterocycles. The summed E-state index contributed by atoms with van der Waals surface area (Å²) in [4.78, 5) is 23.2. The van der Waals surface area contributed by atoms with Crippen LogP contribution in [0, 0.1) is 6.92 Å². The van der Waals surface area contributed by atoms with Crippen molar-refractivity contribution >= 4 is 16.9 Å².